The van der Waals surface area contributed by atoms with Crippen LogP contribution in [-0.2, 0) is 13.0 Å². The summed E-state index contributed by atoms with van der Waals surface area (Å²) in [6, 6.07) is 24.8. The Bertz CT molecular complexity index is 2130. The van der Waals surface area contributed by atoms with Gasteiger partial charge < -0.3 is 35.6 Å². The predicted octanol–water partition coefficient (Wildman–Crippen LogP) is 4.03. The van der Waals surface area contributed by atoms with Crippen LogP contribution in [0, 0.1) is 0 Å². The van der Waals surface area contributed by atoms with E-state index in [9.17, 15) is 15.0 Å². The van der Waals surface area contributed by atoms with Crippen LogP contribution in [0.1, 0.15) is 60.3 Å². The van der Waals surface area contributed by atoms with Crippen LogP contribution >= 0.6 is 12.4 Å². The number of urea groups is 1. The minimum absolute atomic E-state index is 0. The molecule has 0 radical (unpaired) electrons. The van der Waals surface area contributed by atoms with Crippen LogP contribution < -0.4 is 20.9 Å². The first-order valence-electron chi connectivity index (χ1n) is 18.5. The van der Waals surface area contributed by atoms with Gasteiger partial charge in [-0.3, -0.25) is 4.98 Å². The number of imidazole rings is 1. The van der Waals surface area contributed by atoms with E-state index in [1.807, 2.05) is 66.1 Å². The van der Waals surface area contributed by atoms with Crippen LogP contribution in [0.15, 0.2) is 97.6 Å². The lowest BCUT2D eigenvalue weighted by molar-refractivity contribution is 0.00497. The quantitative estimate of drug-likeness (QED) is 0.121. The summed E-state index contributed by atoms with van der Waals surface area (Å²) < 4.78 is 1.84. The molecule has 15 nitrogen and oxygen atoms in total. The first-order valence-corrected chi connectivity index (χ1v) is 18.5. The number of hydrogen-bond donors (Lipinski definition) is 5. The SMILES string of the molecule is CCc1cnn([C@H]2C[C@@H](n3cnc4c(NCC(c5ccccc5)c5ccccc5)nc(N5CC[C@@H](NC(=O)NCc6ccccn6)C5)nc43)[C@H](O)[C@@H]2O)n1.Cl. The normalized spacial score (nSPS) is 20.8. The monoisotopic (exact) mass is 764 g/mol. The van der Waals surface area contributed by atoms with Crippen molar-refractivity contribution >= 4 is 41.4 Å². The van der Waals surface area contributed by atoms with Crippen molar-refractivity contribution in [2.75, 3.05) is 29.9 Å². The van der Waals surface area contributed by atoms with E-state index in [4.69, 9.17) is 15.0 Å². The Labute approximate surface area is 324 Å². The fourth-order valence-corrected chi connectivity index (χ4v) is 7.50. The molecule has 4 aromatic heterocycles. The van der Waals surface area contributed by atoms with E-state index in [-0.39, 0.29) is 30.4 Å². The number of benzene rings is 2. The molecule has 0 unspecified atom stereocenters. The molecule has 1 aliphatic carbocycles. The summed E-state index contributed by atoms with van der Waals surface area (Å²) in [7, 11) is 0. The molecule has 286 valence electrons. The van der Waals surface area contributed by atoms with Gasteiger partial charge in [-0.15, -0.1) is 12.4 Å². The van der Waals surface area contributed by atoms with Gasteiger partial charge in [0.25, 0.3) is 0 Å². The van der Waals surface area contributed by atoms with Crippen molar-refractivity contribution in [1.29, 1.82) is 0 Å². The average molecular weight is 765 g/mol. The Morgan fingerprint density at radius 2 is 1.64 bits per heavy atom. The van der Waals surface area contributed by atoms with Gasteiger partial charge in [-0.1, -0.05) is 73.7 Å². The van der Waals surface area contributed by atoms with E-state index in [0.717, 1.165) is 22.5 Å². The van der Waals surface area contributed by atoms with Crippen molar-refractivity contribution in [3.8, 4) is 0 Å². The summed E-state index contributed by atoms with van der Waals surface area (Å²) >= 11 is 0. The minimum Gasteiger partial charge on any atom is -0.388 e. The predicted molar refractivity (Wildman–Crippen MR) is 210 cm³/mol. The summed E-state index contributed by atoms with van der Waals surface area (Å²) in [5, 5.41) is 41.1. The number of nitrogens with one attached hydrogen (secondary N) is 3. The molecule has 8 rings (SSSR count). The lowest BCUT2D eigenvalue weighted by atomic mass is 9.91. The van der Waals surface area contributed by atoms with Gasteiger partial charge in [0, 0.05) is 37.8 Å². The molecule has 1 saturated heterocycles. The van der Waals surface area contributed by atoms with Gasteiger partial charge in [-0.25, -0.2) is 9.78 Å². The molecule has 0 bridgehead atoms. The molecule has 0 spiro atoms. The molecule has 5 heterocycles. The number of carbonyl (C=O) groups excluding carboxylic acids is 1. The zero-order chi connectivity index (χ0) is 37.0. The maximum absolute atomic E-state index is 12.8. The highest BCUT2D eigenvalue weighted by atomic mass is 35.5. The van der Waals surface area contributed by atoms with Gasteiger partial charge in [-0.2, -0.15) is 25.0 Å². The van der Waals surface area contributed by atoms with Gasteiger partial charge >= 0.3 is 6.03 Å². The molecule has 16 heteroatoms. The van der Waals surface area contributed by atoms with Crippen molar-refractivity contribution in [3.05, 3.63) is 120 Å². The number of fused-ring (bicyclic) bond motifs is 1. The Morgan fingerprint density at radius 1 is 0.909 bits per heavy atom. The summed E-state index contributed by atoms with van der Waals surface area (Å²) in [5.41, 5.74) is 5.00. The van der Waals surface area contributed by atoms with Gasteiger partial charge in [0.05, 0.1) is 36.5 Å². The third kappa shape index (κ3) is 8.09. The van der Waals surface area contributed by atoms with E-state index in [2.05, 4.69) is 60.3 Å². The van der Waals surface area contributed by atoms with Gasteiger partial charge in [0.1, 0.15) is 18.2 Å². The molecule has 1 saturated carbocycles. The Hall–Kier alpha value is -5.64. The number of aromatic nitrogens is 8. The summed E-state index contributed by atoms with van der Waals surface area (Å²) in [6.07, 6.45) is 4.66. The maximum atomic E-state index is 12.8. The van der Waals surface area contributed by atoms with Crippen LogP contribution in [0.25, 0.3) is 11.2 Å². The minimum atomic E-state index is -1.11. The number of anilines is 2. The van der Waals surface area contributed by atoms with Gasteiger partial charge in [0.2, 0.25) is 5.95 Å². The Morgan fingerprint density at radius 3 is 2.33 bits per heavy atom. The number of aliphatic hydroxyl groups is 2. The summed E-state index contributed by atoms with van der Waals surface area (Å²) in [4.78, 5) is 35.5. The Balaban J connectivity index is 0.00000465. The molecular weight excluding hydrogens is 720 g/mol. The third-order valence-corrected chi connectivity index (χ3v) is 10.4. The van der Waals surface area contributed by atoms with E-state index < -0.39 is 24.3 Å². The largest absolute Gasteiger partial charge is 0.388 e. The second kappa shape index (κ2) is 16.8. The molecule has 5 N–H and O–H groups in total. The van der Waals surface area contributed by atoms with Crippen molar-refractivity contribution in [3.63, 3.8) is 0 Å². The highest BCUT2D eigenvalue weighted by molar-refractivity contribution is 5.85. The van der Waals surface area contributed by atoms with Crippen LogP contribution in [0.3, 0.4) is 0 Å². The third-order valence-electron chi connectivity index (χ3n) is 10.4. The summed E-state index contributed by atoms with van der Waals surface area (Å²) in [5.74, 6) is 1.06. The molecule has 6 aromatic rings. The number of aliphatic hydroxyl groups excluding tert-OH is 2. The van der Waals surface area contributed by atoms with Gasteiger partial charge in [-0.05, 0) is 42.5 Å². The molecule has 2 aliphatic rings. The van der Waals surface area contributed by atoms with Crippen molar-refractivity contribution in [2.45, 2.75) is 69.0 Å². The van der Waals surface area contributed by atoms with Gasteiger partial charge in [0.15, 0.2) is 17.0 Å². The second-order valence-electron chi connectivity index (χ2n) is 13.9. The smallest absolute Gasteiger partial charge is 0.315 e. The number of amides is 2. The van der Waals surface area contributed by atoms with E-state index in [0.29, 0.717) is 68.4 Å². The van der Waals surface area contributed by atoms with Crippen molar-refractivity contribution in [1.82, 2.24) is 50.1 Å². The lowest BCUT2D eigenvalue weighted by Gasteiger charge is -2.22. The van der Waals surface area contributed by atoms with Crippen LogP contribution in [0.2, 0.25) is 0 Å². The lowest BCUT2D eigenvalue weighted by Crippen LogP contribution is -2.43. The highest BCUT2D eigenvalue weighted by Gasteiger charge is 2.45. The number of rotatable bonds is 12. The van der Waals surface area contributed by atoms with E-state index >= 15 is 0 Å². The number of aryl methyl sites for hydroxylation is 1. The number of carbonyl (C=O) groups is 1. The molecule has 55 heavy (non-hydrogen) atoms. The van der Waals surface area contributed by atoms with Crippen molar-refractivity contribution < 1.29 is 15.0 Å². The first kappa shape index (κ1) is 37.7. The molecule has 5 atom stereocenters. The molecule has 2 amide bonds. The number of hydrogen-bond acceptors (Lipinski definition) is 11. The average Bonchev–Trinajstić information content (AvgIpc) is 4.03. The summed E-state index contributed by atoms with van der Waals surface area (Å²) in [6.45, 7) is 3.98. The van der Waals surface area contributed by atoms with E-state index in [1.165, 1.54) is 4.80 Å². The van der Waals surface area contributed by atoms with Crippen LogP contribution in [-0.4, -0.2) is 93.6 Å². The first-order chi connectivity index (χ1) is 26.4. The molecule has 2 fully saturated rings. The Kier molecular flexibility index (Phi) is 11.5. The fraction of sp³-hybridized carbons (Fsp3) is 0.359. The number of nitrogens with zero attached hydrogens (tertiary/aromatic N) is 9. The number of pyridine rings is 1. The maximum Gasteiger partial charge on any atom is 0.315 e. The topological polar surface area (TPSA) is 184 Å². The van der Waals surface area contributed by atoms with E-state index in [1.54, 1.807) is 18.7 Å². The van der Waals surface area contributed by atoms with Crippen molar-refractivity contribution in [2.24, 2.45) is 0 Å². The standard InChI is InChI=1S/C39H44N12O3.ClH/c1-2-27-21-44-51(48-27)32-19-31(34(52)35(32)53)50-24-43-33-36(41-22-30(25-11-5-3-6-12-25)26-13-7-4-8-14-26)46-38(47-37(33)50)49-18-16-29(23-49)45-39(54)42-20-28-15-9-10-17-40-28;/h3-15,17,21,24,29-32,34-35,52-53H,2,16,18-20,22-23H2,1H3,(H,41,46,47)(H2,42,45,54);1H/t29-,31-,32+,34+,35-;/m1./s1. The number of halogens is 1. The van der Waals surface area contributed by atoms with Crippen LogP contribution in [0.5, 0.6) is 0 Å². The molecule has 2 aromatic carbocycles. The zero-order valence-electron chi connectivity index (χ0n) is 30.4. The zero-order valence-corrected chi connectivity index (χ0v) is 31.2. The molecular formula is C39H45ClN12O3. The fourth-order valence-electron chi connectivity index (χ4n) is 7.50. The van der Waals surface area contributed by atoms with Crippen LogP contribution in [0.4, 0.5) is 16.6 Å². The molecule has 1 aliphatic heterocycles. The highest BCUT2D eigenvalue weighted by Crippen LogP contribution is 2.40. The second-order valence-corrected chi connectivity index (χ2v) is 13.9.